The molecule has 1 saturated heterocycles. The molecule has 1 aliphatic heterocycles. The highest BCUT2D eigenvalue weighted by atomic mass is 32.2. The lowest BCUT2D eigenvalue weighted by Gasteiger charge is -2.34. The average molecular weight is 344 g/mol. The number of piperazine rings is 1. The van der Waals surface area contributed by atoms with Crippen LogP contribution in [-0.4, -0.2) is 57.2 Å². The molecule has 128 valence electrons. The van der Waals surface area contributed by atoms with Crippen LogP contribution in [0.1, 0.15) is 11.1 Å². The van der Waals surface area contributed by atoms with E-state index in [4.69, 9.17) is 0 Å². The number of aryl methyl sites for hydroxylation is 2. The van der Waals surface area contributed by atoms with Gasteiger partial charge in [-0.2, -0.15) is 0 Å². The zero-order valence-corrected chi connectivity index (χ0v) is 15.1. The second-order valence-electron chi connectivity index (χ2n) is 6.26. The van der Waals surface area contributed by atoms with Crippen molar-refractivity contribution in [2.75, 3.05) is 31.9 Å². The fourth-order valence-electron chi connectivity index (χ4n) is 2.93. The Morgan fingerprint density at radius 3 is 2.71 bits per heavy atom. The van der Waals surface area contributed by atoms with Crippen molar-refractivity contribution in [3.8, 4) is 0 Å². The zero-order valence-electron chi connectivity index (χ0n) is 14.3. The molecule has 24 heavy (non-hydrogen) atoms. The highest BCUT2D eigenvalue weighted by Gasteiger charge is 2.21. The minimum atomic E-state index is 0.207. The van der Waals surface area contributed by atoms with Gasteiger partial charge in [-0.3, -0.25) is 9.69 Å². The summed E-state index contributed by atoms with van der Waals surface area (Å²) in [6.07, 6.45) is 3.66. The van der Waals surface area contributed by atoms with Gasteiger partial charge in [0.1, 0.15) is 0 Å². The fraction of sp³-hybridized carbons (Fsp3) is 0.444. The van der Waals surface area contributed by atoms with Crippen LogP contribution in [0.4, 0.5) is 0 Å². The van der Waals surface area contributed by atoms with E-state index in [1.807, 2.05) is 22.7 Å². The Hall–Kier alpha value is -1.79. The molecule has 1 aromatic carbocycles. The molecule has 1 aliphatic rings. The number of carbonyl (C=O) groups excluding carboxylic acids is 1. The first kappa shape index (κ1) is 17.0. The van der Waals surface area contributed by atoms with E-state index < -0.39 is 0 Å². The van der Waals surface area contributed by atoms with E-state index in [-0.39, 0.29) is 5.91 Å². The monoisotopic (exact) mass is 344 g/mol. The molecule has 1 amide bonds. The number of nitrogens with zero attached hydrogens (tertiary/aromatic N) is 4. The number of amides is 1. The van der Waals surface area contributed by atoms with Crippen molar-refractivity contribution in [3.05, 3.63) is 47.8 Å². The van der Waals surface area contributed by atoms with Gasteiger partial charge >= 0.3 is 0 Å². The first-order valence-electron chi connectivity index (χ1n) is 8.27. The van der Waals surface area contributed by atoms with Gasteiger partial charge in [0, 0.05) is 52.2 Å². The van der Waals surface area contributed by atoms with E-state index in [1.165, 1.54) is 22.9 Å². The van der Waals surface area contributed by atoms with E-state index in [9.17, 15) is 4.79 Å². The lowest BCUT2D eigenvalue weighted by molar-refractivity contribution is -0.130. The SMILES string of the molecule is Cc1cccc(CN2CCN(C(=O)CSc3nccn3C)CC2)c1. The molecule has 2 heterocycles. The van der Waals surface area contributed by atoms with Gasteiger partial charge in [-0.25, -0.2) is 4.98 Å². The summed E-state index contributed by atoms with van der Waals surface area (Å²) in [7, 11) is 1.95. The Kier molecular flexibility index (Phi) is 5.58. The van der Waals surface area contributed by atoms with Crippen LogP contribution in [0.25, 0.3) is 0 Å². The van der Waals surface area contributed by atoms with Crippen LogP contribution in [0.15, 0.2) is 41.8 Å². The number of imidazole rings is 1. The summed E-state index contributed by atoms with van der Waals surface area (Å²) >= 11 is 1.51. The molecule has 1 fully saturated rings. The van der Waals surface area contributed by atoms with E-state index in [2.05, 4.69) is 41.1 Å². The number of hydrogen-bond acceptors (Lipinski definition) is 4. The molecule has 0 spiro atoms. The highest BCUT2D eigenvalue weighted by Crippen LogP contribution is 2.16. The molecule has 5 nitrogen and oxygen atoms in total. The maximum absolute atomic E-state index is 12.4. The number of thioether (sulfide) groups is 1. The molecule has 3 rings (SSSR count). The van der Waals surface area contributed by atoms with E-state index >= 15 is 0 Å². The molecule has 0 N–H and O–H groups in total. The van der Waals surface area contributed by atoms with Crippen molar-refractivity contribution in [1.82, 2.24) is 19.4 Å². The topological polar surface area (TPSA) is 41.4 Å². The van der Waals surface area contributed by atoms with Crippen molar-refractivity contribution in [1.29, 1.82) is 0 Å². The number of rotatable bonds is 5. The van der Waals surface area contributed by atoms with Crippen LogP contribution in [0.2, 0.25) is 0 Å². The maximum Gasteiger partial charge on any atom is 0.233 e. The van der Waals surface area contributed by atoms with Crippen molar-refractivity contribution in [2.45, 2.75) is 18.6 Å². The van der Waals surface area contributed by atoms with Crippen LogP contribution in [0.3, 0.4) is 0 Å². The van der Waals surface area contributed by atoms with Crippen molar-refractivity contribution in [2.24, 2.45) is 7.05 Å². The van der Waals surface area contributed by atoms with Crippen molar-refractivity contribution >= 4 is 17.7 Å². The Balaban J connectivity index is 1.44. The van der Waals surface area contributed by atoms with Gasteiger partial charge in [0.25, 0.3) is 0 Å². The third-order valence-electron chi connectivity index (χ3n) is 4.32. The van der Waals surface area contributed by atoms with Gasteiger partial charge in [0.15, 0.2) is 5.16 Å². The zero-order chi connectivity index (χ0) is 16.9. The minimum absolute atomic E-state index is 0.207. The molecule has 0 atom stereocenters. The van der Waals surface area contributed by atoms with Gasteiger partial charge < -0.3 is 9.47 Å². The lowest BCUT2D eigenvalue weighted by atomic mass is 10.1. The van der Waals surface area contributed by atoms with Crippen LogP contribution >= 0.6 is 11.8 Å². The largest absolute Gasteiger partial charge is 0.339 e. The summed E-state index contributed by atoms with van der Waals surface area (Å²) in [5.74, 6) is 0.668. The number of carbonyl (C=O) groups is 1. The lowest BCUT2D eigenvalue weighted by Crippen LogP contribution is -2.48. The van der Waals surface area contributed by atoms with Gasteiger partial charge in [0.05, 0.1) is 5.75 Å². The molecule has 2 aromatic rings. The average Bonchev–Trinajstić information content (AvgIpc) is 2.98. The summed E-state index contributed by atoms with van der Waals surface area (Å²) in [5.41, 5.74) is 2.65. The molecule has 0 radical (unpaired) electrons. The van der Waals surface area contributed by atoms with Crippen LogP contribution in [0.5, 0.6) is 0 Å². The number of hydrogen-bond donors (Lipinski definition) is 0. The smallest absolute Gasteiger partial charge is 0.233 e. The predicted molar refractivity (Wildman–Crippen MR) is 97.0 cm³/mol. The van der Waals surface area contributed by atoms with Crippen LogP contribution in [-0.2, 0) is 18.4 Å². The summed E-state index contributed by atoms with van der Waals surface area (Å²) < 4.78 is 1.94. The molecule has 1 aromatic heterocycles. The van der Waals surface area contributed by atoms with E-state index in [0.717, 1.165) is 37.9 Å². The van der Waals surface area contributed by atoms with E-state index in [0.29, 0.717) is 5.75 Å². The molecular weight excluding hydrogens is 320 g/mol. The first-order valence-corrected chi connectivity index (χ1v) is 9.26. The molecule has 0 saturated carbocycles. The third-order valence-corrected chi connectivity index (χ3v) is 5.36. The Morgan fingerprint density at radius 1 is 1.25 bits per heavy atom. The number of benzene rings is 1. The summed E-state index contributed by atoms with van der Waals surface area (Å²) in [6.45, 7) is 6.59. The van der Waals surface area contributed by atoms with Crippen LogP contribution < -0.4 is 0 Å². The second kappa shape index (κ2) is 7.85. The van der Waals surface area contributed by atoms with Crippen molar-refractivity contribution < 1.29 is 4.79 Å². The van der Waals surface area contributed by atoms with Gasteiger partial charge in [-0.05, 0) is 12.5 Å². The Bertz CT molecular complexity index is 692. The standard InChI is InChI=1S/C18H24N4OS/c1-15-4-3-5-16(12-15)13-21-8-10-22(11-9-21)17(23)14-24-18-19-6-7-20(18)2/h3-7,12H,8-11,13-14H2,1-2H3. The molecule has 0 unspecified atom stereocenters. The maximum atomic E-state index is 12.4. The molecular formula is C18H24N4OS. The number of aromatic nitrogens is 2. The van der Waals surface area contributed by atoms with Gasteiger partial charge in [-0.15, -0.1) is 0 Å². The first-order chi connectivity index (χ1) is 11.6. The summed E-state index contributed by atoms with van der Waals surface area (Å²) in [6, 6.07) is 8.65. The Morgan fingerprint density at radius 2 is 2.04 bits per heavy atom. The molecule has 0 bridgehead atoms. The molecule has 0 aliphatic carbocycles. The normalized spacial score (nSPS) is 15.7. The quantitative estimate of drug-likeness (QED) is 0.780. The summed E-state index contributed by atoms with van der Waals surface area (Å²) in [4.78, 5) is 21.0. The van der Waals surface area contributed by atoms with E-state index in [1.54, 1.807) is 6.20 Å². The minimum Gasteiger partial charge on any atom is -0.339 e. The predicted octanol–water partition coefficient (Wildman–Crippen LogP) is 2.17. The second-order valence-corrected chi connectivity index (χ2v) is 7.20. The summed E-state index contributed by atoms with van der Waals surface area (Å²) in [5, 5.41) is 0.890. The van der Waals surface area contributed by atoms with Crippen LogP contribution in [0, 0.1) is 6.92 Å². The fourth-order valence-corrected chi connectivity index (χ4v) is 3.77. The third kappa shape index (κ3) is 4.39. The molecule has 6 heteroatoms. The van der Waals surface area contributed by atoms with Gasteiger partial charge in [-0.1, -0.05) is 41.6 Å². The highest BCUT2D eigenvalue weighted by molar-refractivity contribution is 7.99. The van der Waals surface area contributed by atoms with Gasteiger partial charge in [0.2, 0.25) is 5.91 Å². The van der Waals surface area contributed by atoms with Crippen molar-refractivity contribution in [3.63, 3.8) is 0 Å². The Labute approximate surface area is 147 Å².